The van der Waals surface area contributed by atoms with E-state index < -0.39 is 5.60 Å². The molecule has 1 rings (SSSR count). The van der Waals surface area contributed by atoms with Crippen LogP contribution in [0.1, 0.15) is 60.3 Å². The zero-order valence-electron chi connectivity index (χ0n) is 12.7. The van der Waals surface area contributed by atoms with Crippen molar-refractivity contribution < 1.29 is 19.1 Å². The highest BCUT2D eigenvalue weighted by atomic mass is 16.6. The monoisotopic (exact) mass is 270 g/mol. The van der Waals surface area contributed by atoms with Crippen LogP contribution in [-0.4, -0.2) is 23.6 Å². The van der Waals surface area contributed by atoms with Gasteiger partial charge in [0.2, 0.25) is 0 Å². The van der Waals surface area contributed by atoms with E-state index in [1.165, 1.54) is 0 Å². The molecule has 4 heteroatoms. The first kappa shape index (κ1) is 16.0. The topological polar surface area (TPSA) is 52.6 Å². The molecule has 1 aliphatic carbocycles. The quantitative estimate of drug-likeness (QED) is 0.739. The Bertz CT molecular complexity index is 320. The third kappa shape index (κ3) is 5.62. The smallest absolute Gasteiger partial charge is 0.309 e. The standard InChI is InChI=1S/C15H26O4/c1-10(2)18-13(16)11-6-8-12(9-7-11)14(17)19-15(3,4)5/h10-12H,6-9H2,1-5H3. The van der Waals surface area contributed by atoms with E-state index >= 15 is 0 Å². The van der Waals surface area contributed by atoms with Gasteiger partial charge in [-0.25, -0.2) is 0 Å². The summed E-state index contributed by atoms with van der Waals surface area (Å²) in [6.45, 7) is 9.32. The summed E-state index contributed by atoms with van der Waals surface area (Å²) < 4.78 is 10.6. The SMILES string of the molecule is CC(C)OC(=O)C1CCC(C(=O)OC(C)(C)C)CC1. The number of carbonyl (C=O) groups excluding carboxylic acids is 2. The highest BCUT2D eigenvalue weighted by Crippen LogP contribution is 2.31. The maximum absolute atomic E-state index is 11.9. The van der Waals surface area contributed by atoms with E-state index in [1.54, 1.807) is 0 Å². The maximum Gasteiger partial charge on any atom is 0.309 e. The molecule has 0 aliphatic heterocycles. The fourth-order valence-electron chi connectivity index (χ4n) is 2.28. The van der Waals surface area contributed by atoms with E-state index in [9.17, 15) is 9.59 Å². The number of carbonyl (C=O) groups is 2. The van der Waals surface area contributed by atoms with Crippen molar-refractivity contribution in [1.82, 2.24) is 0 Å². The van der Waals surface area contributed by atoms with Crippen LogP contribution in [0, 0.1) is 11.8 Å². The van der Waals surface area contributed by atoms with Gasteiger partial charge >= 0.3 is 11.9 Å². The molecule has 0 unspecified atom stereocenters. The average Bonchev–Trinajstić information content (AvgIpc) is 2.26. The van der Waals surface area contributed by atoms with E-state index in [-0.39, 0.29) is 29.9 Å². The minimum atomic E-state index is -0.440. The predicted octanol–water partition coefficient (Wildman–Crippen LogP) is 3.09. The van der Waals surface area contributed by atoms with Crippen molar-refractivity contribution in [3.05, 3.63) is 0 Å². The molecule has 0 aromatic heterocycles. The lowest BCUT2D eigenvalue weighted by Crippen LogP contribution is -2.33. The van der Waals surface area contributed by atoms with Crippen LogP contribution in [0.5, 0.6) is 0 Å². The minimum Gasteiger partial charge on any atom is -0.463 e. The van der Waals surface area contributed by atoms with Crippen LogP contribution in [0.2, 0.25) is 0 Å². The zero-order chi connectivity index (χ0) is 14.6. The third-order valence-electron chi connectivity index (χ3n) is 3.15. The summed E-state index contributed by atoms with van der Waals surface area (Å²) in [5.41, 5.74) is -0.440. The van der Waals surface area contributed by atoms with Crippen molar-refractivity contribution in [2.45, 2.75) is 72.0 Å². The Morgan fingerprint density at radius 1 is 0.947 bits per heavy atom. The van der Waals surface area contributed by atoms with E-state index in [0.29, 0.717) is 12.8 Å². The Morgan fingerprint density at radius 3 is 1.74 bits per heavy atom. The fourth-order valence-corrected chi connectivity index (χ4v) is 2.28. The predicted molar refractivity (Wildman–Crippen MR) is 72.5 cm³/mol. The van der Waals surface area contributed by atoms with E-state index in [4.69, 9.17) is 9.47 Å². The second kappa shape index (κ2) is 6.40. The molecule has 0 N–H and O–H groups in total. The molecule has 0 bridgehead atoms. The molecule has 0 aromatic carbocycles. The van der Waals surface area contributed by atoms with Gasteiger partial charge in [0.25, 0.3) is 0 Å². The number of ether oxygens (including phenoxy) is 2. The Labute approximate surface area is 115 Å². The van der Waals surface area contributed by atoms with E-state index in [1.807, 2.05) is 34.6 Å². The van der Waals surface area contributed by atoms with Gasteiger partial charge in [-0.1, -0.05) is 0 Å². The van der Waals surface area contributed by atoms with Gasteiger partial charge in [0, 0.05) is 0 Å². The molecule has 0 radical (unpaired) electrons. The number of rotatable bonds is 3. The Hall–Kier alpha value is -1.06. The molecule has 110 valence electrons. The van der Waals surface area contributed by atoms with Crippen LogP contribution in [0.25, 0.3) is 0 Å². The molecule has 1 saturated carbocycles. The molecule has 1 aliphatic rings. The number of hydrogen-bond acceptors (Lipinski definition) is 4. The highest BCUT2D eigenvalue weighted by Gasteiger charge is 2.33. The van der Waals surface area contributed by atoms with E-state index in [0.717, 1.165) is 12.8 Å². The maximum atomic E-state index is 11.9. The summed E-state index contributed by atoms with van der Waals surface area (Å²) in [5.74, 6) is -0.385. The lowest BCUT2D eigenvalue weighted by molar-refractivity contribution is -0.164. The minimum absolute atomic E-state index is 0.0545. The van der Waals surface area contributed by atoms with Gasteiger partial charge in [-0.2, -0.15) is 0 Å². The van der Waals surface area contributed by atoms with Crippen molar-refractivity contribution in [1.29, 1.82) is 0 Å². The third-order valence-corrected chi connectivity index (χ3v) is 3.15. The molecule has 0 heterocycles. The van der Waals surface area contributed by atoms with Gasteiger partial charge in [0.1, 0.15) is 5.60 Å². The summed E-state index contributed by atoms with van der Waals surface area (Å²) in [5, 5.41) is 0. The Kier molecular flexibility index (Phi) is 5.39. The van der Waals surface area contributed by atoms with Crippen LogP contribution in [-0.2, 0) is 19.1 Å². The molecular weight excluding hydrogens is 244 g/mol. The number of esters is 2. The zero-order valence-corrected chi connectivity index (χ0v) is 12.7. The van der Waals surface area contributed by atoms with E-state index in [2.05, 4.69) is 0 Å². The summed E-state index contributed by atoms with van der Waals surface area (Å²) >= 11 is 0. The molecule has 0 spiro atoms. The van der Waals surface area contributed by atoms with Crippen molar-refractivity contribution in [2.75, 3.05) is 0 Å². The number of hydrogen-bond donors (Lipinski definition) is 0. The van der Waals surface area contributed by atoms with Gasteiger partial charge in [0.05, 0.1) is 17.9 Å². The molecule has 0 saturated heterocycles. The average molecular weight is 270 g/mol. The molecule has 19 heavy (non-hydrogen) atoms. The molecule has 0 aromatic rings. The van der Waals surface area contributed by atoms with Gasteiger partial charge in [0.15, 0.2) is 0 Å². The molecule has 1 fully saturated rings. The molecule has 0 atom stereocenters. The summed E-state index contributed by atoms with van der Waals surface area (Å²) in [7, 11) is 0. The van der Waals surface area contributed by atoms with Crippen molar-refractivity contribution in [2.24, 2.45) is 11.8 Å². The summed E-state index contributed by atoms with van der Waals surface area (Å²) in [6.07, 6.45) is 2.79. The van der Waals surface area contributed by atoms with Crippen LogP contribution in [0.3, 0.4) is 0 Å². The van der Waals surface area contributed by atoms with Crippen LogP contribution in [0.4, 0.5) is 0 Å². The molecule has 0 amide bonds. The lowest BCUT2D eigenvalue weighted by Gasteiger charge is -2.29. The summed E-state index contributed by atoms with van der Waals surface area (Å²) in [4.78, 5) is 23.7. The van der Waals surface area contributed by atoms with Crippen molar-refractivity contribution >= 4 is 11.9 Å². The van der Waals surface area contributed by atoms with Crippen LogP contribution >= 0.6 is 0 Å². The largest absolute Gasteiger partial charge is 0.463 e. The molecule has 4 nitrogen and oxygen atoms in total. The summed E-state index contributed by atoms with van der Waals surface area (Å²) in [6, 6.07) is 0. The first-order valence-electron chi connectivity index (χ1n) is 7.12. The van der Waals surface area contributed by atoms with Gasteiger partial charge in [-0.15, -0.1) is 0 Å². The Balaban J connectivity index is 2.40. The molecular formula is C15H26O4. The lowest BCUT2D eigenvalue weighted by atomic mass is 9.82. The van der Waals surface area contributed by atoms with Gasteiger partial charge < -0.3 is 9.47 Å². The normalized spacial score (nSPS) is 24.1. The fraction of sp³-hybridized carbons (Fsp3) is 0.867. The second-order valence-corrected chi connectivity index (χ2v) is 6.57. The van der Waals surface area contributed by atoms with Crippen LogP contribution < -0.4 is 0 Å². The van der Waals surface area contributed by atoms with Crippen molar-refractivity contribution in [3.63, 3.8) is 0 Å². The second-order valence-electron chi connectivity index (χ2n) is 6.57. The Morgan fingerprint density at radius 2 is 1.37 bits per heavy atom. The van der Waals surface area contributed by atoms with Gasteiger partial charge in [-0.05, 0) is 60.3 Å². The van der Waals surface area contributed by atoms with Crippen molar-refractivity contribution in [3.8, 4) is 0 Å². The first-order valence-corrected chi connectivity index (χ1v) is 7.12. The highest BCUT2D eigenvalue weighted by molar-refractivity contribution is 5.75. The van der Waals surface area contributed by atoms with Crippen LogP contribution in [0.15, 0.2) is 0 Å². The van der Waals surface area contributed by atoms with Gasteiger partial charge in [-0.3, -0.25) is 9.59 Å². The first-order chi connectivity index (χ1) is 8.69.